The van der Waals surface area contributed by atoms with Crippen LogP contribution >= 0.6 is 0 Å². The minimum Gasteiger partial charge on any atom is -0.501 e. The number of rotatable bonds is 2. The summed E-state index contributed by atoms with van der Waals surface area (Å²) in [5.74, 6) is 1.54. The van der Waals surface area contributed by atoms with Gasteiger partial charge in [-0.3, -0.25) is 4.79 Å². The van der Waals surface area contributed by atoms with Crippen molar-refractivity contribution in [1.29, 1.82) is 0 Å². The summed E-state index contributed by atoms with van der Waals surface area (Å²) in [6.07, 6.45) is 4.34. The van der Waals surface area contributed by atoms with Gasteiger partial charge in [0.25, 0.3) is 0 Å². The van der Waals surface area contributed by atoms with Gasteiger partial charge in [-0.25, -0.2) is 0 Å². The molecule has 0 aromatic heterocycles. The van der Waals surface area contributed by atoms with Crippen molar-refractivity contribution in [3.8, 4) is 0 Å². The van der Waals surface area contributed by atoms with Gasteiger partial charge in [0.2, 0.25) is 0 Å². The van der Waals surface area contributed by atoms with Crippen LogP contribution in [0.3, 0.4) is 0 Å². The molecule has 62 valence electrons. The van der Waals surface area contributed by atoms with Crippen LogP contribution in [-0.4, -0.2) is 12.9 Å². The summed E-state index contributed by atoms with van der Waals surface area (Å²) >= 11 is 0. The van der Waals surface area contributed by atoms with E-state index in [0.717, 1.165) is 18.6 Å². The standard InChI is InChI=1S/C9H14O2/c1-3-7-4-5-8(10)6-9(7)11-2/h6-7H,3-5H2,1-2H3. The van der Waals surface area contributed by atoms with E-state index in [0.29, 0.717) is 12.3 Å². The third-order valence-corrected chi connectivity index (χ3v) is 2.17. The van der Waals surface area contributed by atoms with Crippen molar-refractivity contribution in [3.63, 3.8) is 0 Å². The average molecular weight is 154 g/mol. The average Bonchev–Trinajstić information content (AvgIpc) is 2.04. The summed E-state index contributed by atoms with van der Waals surface area (Å²) in [6, 6.07) is 0. The van der Waals surface area contributed by atoms with Crippen molar-refractivity contribution in [2.45, 2.75) is 26.2 Å². The molecule has 1 aliphatic carbocycles. The van der Waals surface area contributed by atoms with Crippen LogP contribution in [0, 0.1) is 5.92 Å². The molecule has 0 saturated heterocycles. The smallest absolute Gasteiger partial charge is 0.159 e. The molecule has 0 spiro atoms. The highest BCUT2D eigenvalue weighted by molar-refractivity contribution is 5.90. The minimum absolute atomic E-state index is 0.201. The van der Waals surface area contributed by atoms with Crippen LogP contribution < -0.4 is 0 Å². The van der Waals surface area contributed by atoms with Gasteiger partial charge in [0.05, 0.1) is 7.11 Å². The van der Waals surface area contributed by atoms with Gasteiger partial charge in [-0.05, 0) is 12.8 Å². The van der Waals surface area contributed by atoms with E-state index < -0.39 is 0 Å². The fourth-order valence-corrected chi connectivity index (χ4v) is 1.44. The summed E-state index contributed by atoms with van der Waals surface area (Å²) in [5, 5.41) is 0. The first-order valence-electron chi connectivity index (χ1n) is 4.06. The summed E-state index contributed by atoms with van der Waals surface area (Å²) in [5.41, 5.74) is 0. The predicted molar refractivity (Wildman–Crippen MR) is 43.1 cm³/mol. The van der Waals surface area contributed by atoms with Crippen LogP contribution in [0.25, 0.3) is 0 Å². The number of ether oxygens (including phenoxy) is 1. The Morgan fingerprint density at radius 2 is 2.45 bits per heavy atom. The van der Waals surface area contributed by atoms with E-state index in [4.69, 9.17) is 4.74 Å². The van der Waals surface area contributed by atoms with Gasteiger partial charge in [0.1, 0.15) is 5.76 Å². The zero-order chi connectivity index (χ0) is 8.27. The maximum absolute atomic E-state index is 10.9. The van der Waals surface area contributed by atoms with Crippen molar-refractivity contribution in [2.75, 3.05) is 7.11 Å². The zero-order valence-corrected chi connectivity index (χ0v) is 7.09. The van der Waals surface area contributed by atoms with E-state index in [2.05, 4.69) is 6.92 Å². The van der Waals surface area contributed by atoms with E-state index >= 15 is 0 Å². The van der Waals surface area contributed by atoms with Gasteiger partial charge < -0.3 is 4.74 Å². The maximum Gasteiger partial charge on any atom is 0.159 e. The molecule has 2 nitrogen and oxygen atoms in total. The number of ketones is 1. The van der Waals surface area contributed by atoms with Crippen molar-refractivity contribution in [3.05, 3.63) is 11.8 Å². The predicted octanol–water partition coefficient (Wildman–Crippen LogP) is 1.91. The van der Waals surface area contributed by atoms with Crippen molar-refractivity contribution >= 4 is 5.78 Å². The van der Waals surface area contributed by atoms with E-state index in [-0.39, 0.29) is 5.78 Å². The van der Waals surface area contributed by atoms with Crippen LogP contribution in [0.4, 0.5) is 0 Å². The second-order valence-corrected chi connectivity index (χ2v) is 2.86. The Bertz CT molecular complexity index is 182. The van der Waals surface area contributed by atoms with Crippen molar-refractivity contribution in [1.82, 2.24) is 0 Å². The molecule has 0 bridgehead atoms. The van der Waals surface area contributed by atoms with E-state index in [1.807, 2.05) is 0 Å². The summed E-state index contributed by atoms with van der Waals surface area (Å²) in [7, 11) is 1.63. The highest BCUT2D eigenvalue weighted by atomic mass is 16.5. The molecule has 0 amide bonds. The molecule has 0 aliphatic heterocycles. The fraction of sp³-hybridized carbons (Fsp3) is 0.667. The van der Waals surface area contributed by atoms with Crippen molar-refractivity contribution in [2.24, 2.45) is 5.92 Å². The topological polar surface area (TPSA) is 26.3 Å². The van der Waals surface area contributed by atoms with Crippen LogP contribution in [0.15, 0.2) is 11.8 Å². The molecule has 0 heterocycles. The molecule has 0 saturated carbocycles. The van der Waals surface area contributed by atoms with Crippen LogP contribution in [0.5, 0.6) is 0 Å². The number of carbonyl (C=O) groups is 1. The third kappa shape index (κ3) is 1.82. The minimum atomic E-state index is 0.201. The largest absolute Gasteiger partial charge is 0.501 e. The summed E-state index contributed by atoms with van der Waals surface area (Å²) in [4.78, 5) is 10.9. The molecule has 2 heteroatoms. The van der Waals surface area contributed by atoms with Gasteiger partial charge in [0.15, 0.2) is 5.78 Å². The normalized spacial score (nSPS) is 24.7. The highest BCUT2D eigenvalue weighted by Crippen LogP contribution is 2.25. The monoisotopic (exact) mass is 154 g/mol. The molecule has 0 radical (unpaired) electrons. The third-order valence-electron chi connectivity index (χ3n) is 2.17. The van der Waals surface area contributed by atoms with Gasteiger partial charge in [-0.2, -0.15) is 0 Å². The van der Waals surface area contributed by atoms with Crippen LogP contribution in [-0.2, 0) is 9.53 Å². The first-order valence-corrected chi connectivity index (χ1v) is 4.06. The SMILES string of the molecule is CCC1CCC(=O)C=C1OC. The van der Waals surface area contributed by atoms with Crippen LogP contribution in [0.2, 0.25) is 0 Å². The van der Waals surface area contributed by atoms with Crippen LogP contribution in [0.1, 0.15) is 26.2 Å². The number of carbonyl (C=O) groups excluding carboxylic acids is 1. The molecule has 1 rings (SSSR count). The first kappa shape index (κ1) is 8.31. The van der Waals surface area contributed by atoms with Gasteiger partial charge >= 0.3 is 0 Å². The number of methoxy groups -OCH3 is 1. The molecule has 0 N–H and O–H groups in total. The first-order chi connectivity index (χ1) is 5.27. The molecular formula is C9H14O2. The van der Waals surface area contributed by atoms with Gasteiger partial charge in [-0.1, -0.05) is 6.92 Å². The molecule has 11 heavy (non-hydrogen) atoms. The molecule has 1 atom stereocenters. The Labute approximate surface area is 67.2 Å². The lowest BCUT2D eigenvalue weighted by atomic mass is 9.91. The van der Waals surface area contributed by atoms with Gasteiger partial charge in [-0.15, -0.1) is 0 Å². The van der Waals surface area contributed by atoms with Crippen molar-refractivity contribution < 1.29 is 9.53 Å². The number of hydrogen-bond donors (Lipinski definition) is 0. The summed E-state index contributed by atoms with van der Waals surface area (Å²) < 4.78 is 5.11. The Morgan fingerprint density at radius 3 is 3.00 bits per heavy atom. The second-order valence-electron chi connectivity index (χ2n) is 2.86. The fourth-order valence-electron chi connectivity index (χ4n) is 1.44. The Hall–Kier alpha value is -0.790. The quantitative estimate of drug-likeness (QED) is 0.607. The Balaban J connectivity index is 2.70. The van der Waals surface area contributed by atoms with Gasteiger partial charge in [0, 0.05) is 18.4 Å². The number of allylic oxidation sites excluding steroid dienone is 2. The molecule has 1 aliphatic rings. The highest BCUT2D eigenvalue weighted by Gasteiger charge is 2.20. The van der Waals surface area contributed by atoms with E-state index in [1.54, 1.807) is 13.2 Å². The molecule has 1 unspecified atom stereocenters. The maximum atomic E-state index is 10.9. The number of hydrogen-bond acceptors (Lipinski definition) is 2. The second kappa shape index (κ2) is 3.56. The Morgan fingerprint density at radius 1 is 1.73 bits per heavy atom. The lowest BCUT2D eigenvalue weighted by molar-refractivity contribution is -0.115. The molecule has 0 fully saturated rings. The summed E-state index contributed by atoms with van der Waals surface area (Å²) in [6.45, 7) is 2.12. The Kier molecular flexibility index (Phi) is 2.69. The van der Waals surface area contributed by atoms with E-state index in [9.17, 15) is 4.79 Å². The zero-order valence-electron chi connectivity index (χ0n) is 7.09. The lowest BCUT2D eigenvalue weighted by Gasteiger charge is -2.20. The molecule has 0 aromatic carbocycles. The molecular weight excluding hydrogens is 140 g/mol. The van der Waals surface area contributed by atoms with E-state index in [1.165, 1.54) is 0 Å². The lowest BCUT2D eigenvalue weighted by Crippen LogP contribution is -2.14. The molecule has 0 aromatic rings.